The molecular weight excluding hydrogens is 440 g/mol. The average molecular weight is 481 g/mol. The fraction of sp³-hybridized carbons (Fsp3) is 0.552. The fourth-order valence-corrected chi connectivity index (χ4v) is 5.28. The molecule has 0 bridgehead atoms. The standard InChI is InChI=1S/C29H40N2O4/c1-21(2)35-26-12-11-24(15-22(26)3)27(32)31-14-13-29(34-20-31)16-25(28(4,5)33)18-30(19-29)17-23-9-7-6-8-10-23/h6-12,15,21,25,33H,13-14,16-20H2,1-5H3. The van der Waals surface area contributed by atoms with Crippen LogP contribution in [0.25, 0.3) is 0 Å². The van der Waals surface area contributed by atoms with E-state index in [4.69, 9.17) is 9.47 Å². The number of amides is 1. The molecule has 2 heterocycles. The number of carbonyl (C=O) groups is 1. The lowest BCUT2D eigenvalue weighted by molar-refractivity contribution is -0.180. The summed E-state index contributed by atoms with van der Waals surface area (Å²) in [6.07, 6.45) is 1.64. The molecule has 2 saturated heterocycles. The predicted molar refractivity (Wildman–Crippen MR) is 137 cm³/mol. The Balaban J connectivity index is 1.44. The van der Waals surface area contributed by atoms with E-state index in [-0.39, 0.29) is 30.3 Å². The van der Waals surface area contributed by atoms with Gasteiger partial charge in [-0.05, 0) is 76.8 Å². The highest BCUT2D eigenvalue weighted by Crippen LogP contribution is 2.39. The predicted octanol–water partition coefficient (Wildman–Crippen LogP) is 4.63. The van der Waals surface area contributed by atoms with Gasteiger partial charge in [0.1, 0.15) is 12.5 Å². The Morgan fingerprint density at radius 1 is 1.23 bits per heavy atom. The maximum Gasteiger partial charge on any atom is 0.255 e. The first kappa shape index (κ1) is 25.7. The van der Waals surface area contributed by atoms with Crippen molar-refractivity contribution < 1.29 is 19.4 Å². The van der Waals surface area contributed by atoms with Crippen molar-refractivity contribution in [3.63, 3.8) is 0 Å². The maximum absolute atomic E-state index is 13.2. The number of piperidine rings is 1. The van der Waals surface area contributed by atoms with E-state index in [1.165, 1.54) is 5.56 Å². The second-order valence-corrected chi connectivity index (χ2v) is 11.1. The van der Waals surface area contributed by atoms with Crippen molar-refractivity contribution in [1.29, 1.82) is 0 Å². The number of ether oxygens (including phenoxy) is 2. The van der Waals surface area contributed by atoms with E-state index in [9.17, 15) is 9.90 Å². The summed E-state index contributed by atoms with van der Waals surface area (Å²) >= 11 is 0. The Hall–Kier alpha value is -2.41. The Labute approximate surface area is 209 Å². The largest absolute Gasteiger partial charge is 0.491 e. The first-order valence-corrected chi connectivity index (χ1v) is 12.7. The lowest BCUT2D eigenvalue weighted by Gasteiger charge is -2.52. The molecule has 1 N–H and O–H groups in total. The third kappa shape index (κ3) is 6.24. The Bertz CT molecular complexity index is 1010. The fourth-order valence-electron chi connectivity index (χ4n) is 5.28. The van der Waals surface area contributed by atoms with Crippen molar-refractivity contribution in [3.8, 4) is 5.75 Å². The Morgan fingerprint density at radius 3 is 2.57 bits per heavy atom. The SMILES string of the molecule is Cc1cc(C(=O)N2CCC3(CC(C(C)(C)O)CN(Cc4ccccc4)C3)OC2)ccc1OC(C)C. The molecule has 2 aliphatic rings. The van der Waals surface area contributed by atoms with Crippen molar-refractivity contribution in [2.24, 2.45) is 5.92 Å². The third-order valence-electron chi connectivity index (χ3n) is 7.29. The maximum atomic E-state index is 13.2. The summed E-state index contributed by atoms with van der Waals surface area (Å²) in [4.78, 5) is 17.4. The van der Waals surface area contributed by atoms with E-state index in [0.717, 1.165) is 43.8 Å². The van der Waals surface area contributed by atoms with Crippen LogP contribution in [0.4, 0.5) is 0 Å². The van der Waals surface area contributed by atoms with Crippen molar-refractivity contribution in [2.45, 2.75) is 71.3 Å². The topological polar surface area (TPSA) is 62.2 Å². The summed E-state index contributed by atoms with van der Waals surface area (Å²) in [5, 5.41) is 10.9. The summed E-state index contributed by atoms with van der Waals surface area (Å²) < 4.78 is 12.3. The van der Waals surface area contributed by atoms with Crippen LogP contribution < -0.4 is 4.74 Å². The summed E-state index contributed by atoms with van der Waals surface area (Å²) in [7, 11) is 0. The average Bonchev–Trinajstić information content (AvgIpc) is 2.80. The molecule has 0 aromatic heterocycles. The van der Waals surface area contributed by atoms with Gasteiger partial charge in [0.15, 0.2) is 0 Å². The highest BCUT2D eigenvalue weighted by atomic mass is 16.5. The van der Waals surface area contributed by atoms with E-state index in [2.05, 4.69) is 29.2 Å². The van der Waals surface area contributed by atoms with Gasteiger partial charge in [0, 0.05) is 37.7 Å². The van der Waals surface area contributed by atoms with Crippen LogP contribution in [0.15, 0.2) is 48.5 Å². The van der Waals surface area contributed by atoms with E-state index in [1.54, 1.807) is 4.90 Å². The van der Waals surface area contributed by atoms with Crippen molar-refractivity contribution in [2.75, 3.05) is 26.4 Å². The zero-order valence-corrected chi connectivity index (χ0v) is 21.8. The number of likely N-dealkylation sites (tertiary alicyclic amines) is 1. The van der Waals surface area contributed by atoms with Gasteiger partial charge in [0.05, 0.1) is 17.3 Å². The van der Waals surface area contributed by atoms with Gasteiger partial charge >= 0.3 is 0 Å². The number of aryl methyl sites for hydroxylation is 1. The molecule has 190 valence electrons. The third-order valence-corrected chi connectivity index (χ3v) is 7.29. The lowest BCUT2D eigenvalue weighted by atomic mass is 9.75. The van der Waals surface area contributed by atoms with E-state index in [1.807, 2.05) is 58.9 Å². The lowest BCUT2D eigenvalue weighted by Crippen LogP contribution is -2.60. The zero-order valence-electron chi connectivity index (χ0n) is 21.8. The highest BCUT2D eigenvalue weighted by Gasteiger charge is 2.47. The number of benzene rings is 2. The molecule has 1 amide bonds. The molecule has 35 heavy (non-hydrogen) atoms. The van der Waals surface area contributed by atoms with Gasteiger partial charge in [-0.3, -0.25) is 9.69 Å². The van der Waals surface area contributed by atoms with E-state index < -0.39 is 5.60 Å². The van der Waals surface area contributed by atoms with Crippen LogP contribution >= 0.6 is 0 Å². The van der Waals surface area contributed by atoms with Gasteiger partial charge in [0.25, 0.3) is 5.91 Å². The van der Waals surface area contributed by atoms with Gasteiger partial charge in [-0.2, -0.15) is 0 Å². The van der Waals surface area contributed by atoms with Crippen LogP contribution in [-0.4, -0.2) is 64.5 Å². The molecule has 0 saturated carbocycles. The molecule has 2 atom stereocenters. The molecule has 1 spiro atoms. The molecule has 6 nitrogen and oxygen atoms in total. The van der Waals surface area contributed by atoms with Crippen LogP contribution in [0, 0.1) is 12.8 Å². The number of hydrogen-bond acceptors (Lipinski definition) is 5. The summed E-state index contributed by atoms with van der Waals surface area (Å²) in [5.74, 6) is 0.886. The number of carbonyl (C=O) groups excluding carboxylic acids is 1. The summed E-state index contributed by atoms with van der Waals surface area (Å²) in [5.41, 5.74) is 1.71. The molecule has 2 unspecified atom stereocenters. The normalized spacial score (nSPS) is 23.6. The van der Waals surface area contributed by atoms with E-state index >= 15 is 0 Å². The molecule has 4 rings (SSSR count). The number of aliphatic hydroxyl groups is 1. The Kier molecular flexibility index (Phi) is 7.55. The molecule has 0 radical (unpaired) electrons. The number of nitrogens with zero attached hydrogens (tertiary/aromatic N) is 2. The molecule has 6 heteroatoms. The number of hydrogen-bond donors (Lipinski definition) is 1. The van der Waals surface area contributed by atoms with Gasteiger partial charge < -0.3 is 19.5 Å². The first-order chi connectivity index (χ1) is 16.5. The minimum absolute atomic E-state index is 0.0185. The van der Waals surface area contributed by atoms with E-state index in [0.29, 0.717) is 12.1 Å². The quantitative estimate of drug-likeness (QED) is 0.653. The molecule has 2 aromatic carbocycles. The van der Waals surface area contributed by atoms with Gasteiger partial charge in [0.2, 0.25) is 0 Å². The van der Waals surface area contributed by atoms with Crippen LogP contribution in [-0.2, 0) is 11.3 Å². The van der Waals surface area contributed by atoms with Crippen LogP contribution in [0.5, 0.6) is 5.75 Å². The smallest absolute Gasteiger partial charge is 0.255 e. The molecular formula is C29H40N2O4. The van der Waals surface area contributed by atoms with Gasteiger partial charge in [-0.25, -0.2) is 0 Å². The minimum atomic E-state index is -0.796. The summed E-state index contributed by atoms with van der Waals surface area (Å²) in [6.45, 7) is 13.1. The molecule has 2 fully saturated rings. The molecule has 2 aromatic rings. The second-order valence-electron chi connectivity index (χ2n) is 11.1. The van der Waals surface area contributed by atoms with Crippen molar-refractivity contribution in [1.82, 2.24) is 9.80 Å². The number of rotatable bonds is 6. The second kappa shape index (κ2) is 10.3. The minimum Gasteiger partial charge on any atom is -0.491 e. The Morgan fingerprint density at radius 2 is 1.97 bits per heavy atom. The molecule has 2 aliphatic heterocycles. The van der Waals surface area contributed by atoms with Gasteiger partial charge in [-0.1, -0.05) is 30.3 Å². The monoisotopic (exact) mass is 480 g/mol. The molecule has 0 aliphatic carbocycles. The van der Waals surface area contributed by atoms with Crippen LogP contribution in [0.2, 0.25) is 0 Å². The summed E-state index contributed by atoms with van der Waals surface area (Å²) in [6, 6.07) is 16.1. The first-order valence-electron chi connectivity index (χ1n) is 12.7. The van der Waals surface area contributed by atoms with Gasteiger partial charge in [-0.15, -0.1) is 0 Å². The highest BCUT2D eigenvalue weighted by molar-refractivity contribution is 5.94. The van der Waals surface area contributed by atoms with Crippen molar-refractivity contribution in [3.05, 3.63) is 65.2 Å². The van der Waals surface area contributed by atoms with Crippen LogP contribution in [0.3, 0.4) is 0 Å². The van der Waals surface area contributed by atoms with Crippen molar-refractivity contribution >= 4 is 5.91 Å². The zero-order chi connectivity index (χ0) is 25.2. The van der Waals surface area contributed by atoms with Crippen LogP contribution in [0.1, 0.15) is 62.0 Å².